The lowest BCUT2D eigenvalue weighted by atomic mass is 10.3. The van der Waals surface area contributed by atoms with Gasteiger partial charge in [0.2, 0.25) is 5.88 Å². The molecule has 0 spiro atoms. The quantitative estimate of drug-likeness (QED) is 0.529. The molecule has 2 N–H and O–H groups in total. The number of rotatable bonds is 8. The van der Waals surface area contributed by atoms with Gasteiger partial charge in [0.25, 0.3) is 5.91 Å². The van der Waals surface area contributed by atoms with Gasteiger partial charge in [0.15, 0.2) is 12.3 Å². The van der Waals surface area contributed by atoms with E-state index in [4.69, 9.17) is 4.74 Å². The van der Waals surface area contributed by atoms with E-state index in [1.807, 2.05) is 24.6 Å². The van der Waals surface area contributed by atoms with E-state index in [2.05, 4.69) is 15.5 Å². The number of para-hydroxylation sites is 2. The molecular weight excluding hydrogens is 415 g/mol. The van der Waals surface area contributed by atoms with Crippen LogP contribution in [0.15, 0.2) is 36.4 Å². The molecule has 2 aromatic heterocycles. The van der Waals surface area contributed by atoms with Gasteiger partial charge in [-0.1, -0.05) is 12.1 Å². The van der Waals surface area contributed by atoms with Crippen molar-refractivity contribution in [3.8, 4) is 17.3 Å². The van der Waals surface area contributed by atoms with E-state index < -0.39 is 24.4 Å². The summed E-state index contributed by atoms with van der Waals surface area (Å²) in [6, 6.07) is 8.38. The fourth-order valence-electron chi connectivity index (χ4n) is 2.97. The molecule has 0 saturated carbocycles. The van der Waals surface area contributed by atoms with Crippen molar-refractivity contribution >= 4 is 5.91 Å². The third-order valence-corrected chi connectivity index (χ3v) is 4.40. The number of phenolic OH excluding ortho intramolecular Hbond substituents is 1. The minimum absolute atomic E-state index is 0.00158. The molecule has 8 nitrogen and oxygen atoms in total. The van der Waals surface area contributed by atoms with Crippen molar-refractivity contribution in [2.24, 2.45) is 0 Å². The van der Waals surface area contributed by atoms with Gasteiger partial charge < -0.3 is 15.2 Å². The summed E-state index contributed by atoms with van der Waals surface area (Å²) < 4.78 is 47.2. The normalized spacial score (nSPS) is 11.5. The third-order valence-electron chi connectivity index (χ3n) is 4.40. The smallest absolute Gasteiger partial charge is 0.435 e. The molecule has 166 valence electrons. The second kappa shape index (κ2) is 9.11. The SMILES string of the molecule is Cc1cc(C)n(CCCNC(=O)COc2cc(C(F)(F)F)nn2-c2ccccc2O)n1. The predicted octanol–water partition coefficient (Wildman–Crippen LogP) is 3.00. The Morgan fingerprint density at radius 2 is 1.94 bits per heavy atom. The predicted molar refractivity (Wildman–Crippen MR) is 105 cm³/mol. The molecule has 0 fully saturated rings. The zero-order chi connectivity index (χ0) is 22.6. The summed E-state index contributed by atoms with van der Waals surface area (Å²) in [4.78, 5) is 12.1. The highest BCUT2D eigenvalue weighted by Crippen LogP contribution is 2.33. The Morgan fingerprint density at radius 3 is 2.58 bits per heavy atom. The first kappa shape index (κ1) is 22.2. The van der Waals surface area contributed by atoms with E-state index in [1.165, 1.54) is 24.3 Å². The fourth-order valence-corrected chi connectivity index (χ4v) is 2.97. The number of nitrogens with one attached hydrogen (secondary N) is 1. The number of phenols is 1. The lowest BCUT2D eigenvalue weighted by molar-refractivity contribution is -0.141. The van der Waals surface area contributed by atoms with Crippen molar-refractivity contribution in [3.63, 3.8) is 0 Å². The Hall–Kier alpha value is -3.50. The molecule has 0 aliphatic heterocycles. The minimum Gasteiger partial charge on any atom is -0.506 e. The largest absolute Gasteiger partial charge is 0.506 e. The monoisotopic (exact) mass is 437 g/mol. The first-order valence-corrected chi connectivity index (χ1v) is 9.51. The summed E-state index contributed by atoms with van der Waals surface area (Å²) in [5.41, 5.74) is 0.730. The Bertz CT molecular complexity index is 1060. The molecule has 0 unspecified atom stereocenters. The molecule has 3 aromatic rings. The summed E-state index contributed by atoms with van der Waals surface area (Å²) >= 11 is 0. The Kier molecular flexibility index (Phi) is 6.52. The van der Waals surface area contributed by atoms with Crippen molar-refractivity contribution in [1.82, 2.24) is 24.9 Å². The molecule has 0 aliphatic carbocycles. The highest BCUT2D eigenvalue weighted by molar-refractivity contribution is 5.77. The average Bonchev–Trinajstić information content (AvgIpc) is 3.26. The van der Waals surface area contributed by atoms with Gasteiger partial charge in [-0.05, 0) is 38.5 Å². The van der Waals surface area contributed by atoms with Gasteiger partial charge in [-0.3, -0.25) is 9.48 Å². The maximum Gasteiger partial charge on any atom is 0.435 e. The number of hydrogen-bond donors (Lipinski definition) is 2. The number of nitrogens with zero attached hydrogens (tertiary/aromatic N) is 4. The number of carbonyl (C=O) groups excluding carboxylic acids is 1. The van der Waals surface area contributed by atoms with Crippen LogP contribution in [0.3, 0.4) is 0 Å². The number of aryl methyl sites for hydroxylation is 3. The summed E-state index contributed by atoms with van der Waals surface area (Å²) in [7, 11) is 0. The van der Waals surface area contributed by atoms with Gasteiger partial charge >= 0.3 is 6.18 Å². The Morgan fingerprint density at radius 1 is 1.19 bits per heavy atom. The molecule has 31 heavy (non-hydrogen) atoms. The third kappa shape index (κ3) is 5.56. The van der Waals surface area contributed by atoms with Gasteiger partial charge in [-0.2, -0.15) is 28.1 Å². The van der Waals surface area contributed by atoms with E-state index in [0.29, 0.717) is 25.6 Å². The van der Waals surface area contributed by atoms with Crippen molar-refractivity contribution in [3.05, 3.63) is 53.5 Å². The zero-order valence-electron chi connectivity index (χ0n) is 17.0. The number of aromatic hydroxyl groups is 1. The van der Waals surface area contributed by atoms with Crippen LogP contribution in [0.25, 0.3) is 5.69 Å². The van der Waals surface area contributed by atoms with Crippen LogP contribution >= 0.6 is 0 Å². The number of hydrogen-bond acceptors (Lipinski definition) is 5. The number of amides is 1. The molecule has 0 aliphatic rings. The van der Waals surface area contributed by atoms with E-state index in [9.17, 15) is 23.1 Å². The summed E-state index contributed by atoms with van der Waals surface area (Å²) in [5.74, 6) is -1.09. The summed E-state index contributed by atoms with van der Waals surface area (Å²) in [6.45, 7) is 4.31. The van der Waals surface area contributed by atoms with Crippen LogP contribution in [0, 0.1) is 13.8 Å². The van der Waals surface area contributed by atoms with E-state index in [0.717, 1.165) is 16.1 Å². The molecule has 0 bridgehead atoms. The first-order chi connectivity index (χ1) is 14.6. The van der Waals surface area contributed by atoms with Crippen molar-refractivity contribution in [2.75, 3.05) is 13.2 Å². The zero-order valence-corrected chi connectivity index (χ0v) is 17.0. The molecule has 1 aromatic carbocycles. The lowest BCUT2D eigenvalue weighted by Gasteiger charge is -2.11. The number of carbonyl (C=O) groups is 1. The molecule has 3 rings (SSSR count). The first-order valence-electron chi connectivity index (χ1n) is 9.51. The standard InChI is InChI=1S/C20H22F3N5O3/c1-13-10-14(2)27(25-13)9-5-8-24-18(30)12-31-19-11-17(20(21,22)23)26-28(19)15-6-3-4-7-16(15)29/h3-4,6-7,10-11,29H,5,8-9,12H2,1-2H3,(H,24,30). The van der Waals surface area contributed by atoms with Gasteiger partial charge in [0.05, 0.1) is 5.69 Å². The van der Waals surface area contributed by atoms with Crippen LogP contribution in [0.5, 0.6) is 11.6 Å². The molecular formula is C20H22F3N5O3. The number of aromatic nitrogens is 4. The van der Waals surface area contributed by atoms with Crippen LogP contribution in [0.1, 0.15) is 23.5 Å². The molecule has 1 amide bonds. The van der Waals surface area contributed by atoms with Crippen LogP contribution in [0.2, 0.25) is 0 Å². The van der Waals surface area contributed by atoms with Crippen LogP contribution < -0.4 is 10.1 Å². The highest BCUT2D eigenvalue weighted by Gasteiger charge is 2.36. The molecule has 0 saturated heterocycles. The summed E-state index contributed by atoms with van der Waals surface area (Å²) in [6.07, 6.45) is -4.08. The number of ether oxygens (including phenoxy) is 1. The van der Waals surface area contributed by atoms with Crippen molar-refractivity contribution < 1.29 is 27.8 Å². The van der Waals surface area contributed by atoms with Gasteiger partial charge in [0, 0.05) is 24.8 Å². The molecule has 11 heteroatoms. The average molecular weight is 437 g/mol. The minimum atomic E-state index is -4.71. The van der Waals surface area contributed by atoms with E-state index >= 15 is 0 Å². The van der Waals surface area contributed by atoms with Crippen molar-refractivity contribution in [2.45, 2.75) is 33.0 Å². The molecule has 0 atom stereocenters. The van der Waals surface area contributed by atoms with E-state index in [-0.39, 0.29) is 17.3 Å². The molecule has 0 radical (unpaired) electrons. The maximum atomic E-state index is 13.1. The van der Waals surface area contributed by atoms with Crippen LogP contribution in [-0.4, -0.2) is 43.7 Å². The number of alkyl halides is 3. The fraction of sp³-hybridized carbons (Fsp3) is 0.350. The number of halogens is 3. The van der Waals surface area contributed by atoms with Crippen molar-refractivity contribution in [1.29, 1.82) is 0 Å². The van der Waals surface area contributed by atoms with Crippen LogP contribution in [-0.2, 0) is 17.5 Å². The maximum absolute atomic E-state index is 13.1. The van der Waals surface area contributed by atoms with Crippen LogP contribution in [0.4, 0.5) is 13.2 Å². The Labute approximate surface area is 176 Å². The second-order valence-corrected chi connectivity index (χ2v) is 6.91. The highest BCUT2D eigenvalue weighted by atomic mass is 19.4. The van der Waals surface area contributed by atoms with Gasteiger partial charge in [-0.25, -0.2) is 0 Å². The van der Waals surface area contributed by atoms with Gasteiger partial charge in [0.1, 0.15) is 11.4 Å². The Balaban J connectivity index is 1.60. The molecule has 2 heterocycles. The lowest BCUT2D eigenvalue weighted by Crippen LogP contribution is -2.30. The number of benzene rings is 1. The second-order valence-electron chi connectivity index (χ2n) is 6.91. The topological polar surface area (TPSA) is 94.2 Å². The van der Waals surface area contributed by atoms with E-state index in [1.54, 1.807) is 0 Å². The van der Waals surface area contributed by atoms with Gasteiger partial charge in [-0.15, -0.1) is 0 Å². The summed E-state index contributed by atoms with van der Waals surface area (Å²) in [5, 5.41) is 20.4.